The average molecular weight is 357 g/mol. The standard InChI is InChI=1S/C21H15N3O3/c22-11-13-6-8-14(9-7-13)16-10-18(25)23-19-17(21(26)27)12-24(20(16)19)15-4-2-1-3-5-15/h1-9,12,16H,10H2,(H,23,25)(H,26,27)/t16-/m1/s1. The predicted octanol–water partition coefficient (Wildman–Crippen LogP) is 3.52. The van der Waals surface area contributed by atoms with Crippen molar-refractivity contribution in [2.24, 2.45) is 0 Å². The van der Waals surface area contributed by atoms with Gasteiger partial charge in [-0.1, -0.05) is 30.3 Å². The first kappa shape index (κ1) is 16.6. The molecule has 0 aliphatic carbocycles. The van der Waals surface area contributed by atoms with Gasteiger partial charge in [0.2, 0.25) is 5.91 Å². The molecule has 1 aliphatic rings. The van der Waals surface area contributed by atoms with Crippen LogP contribution in [0.25, 0.3) is 5.69 Å². The molecule has 2 heterocycles. The van der Waals surface area contributed by atoms with Crippen LogP contribution < -0.4 is 5.32 Å². The van der Waals surface area contributed by atoms with Crippen molar-refractivity contribution in [1.29, 1.82) is 5.26 Å². The van der Waals surface area contributed by atoms with E-state index in [0.717, 1.165) is 16.9 Å². The Balaban J connectivity index is 1.94. The number of hydrogen-bond donors (Lipinski definition) is 2. The van der Waals surface area contributed by atoms with Gasteiger partial charge in [-0.15, -0.1) is 0 Å². The normalized spacial score (nSPS) is 15.5. The number of para-hydroxylation sites is 1. The van der Waals surface area contributed by atoms with E-state index in [4.69, 9.17) is 5.26 Å². The number of anilines is 1. The molecule has 132 valence electrons. The van der Waals surface area contributed by atoms with Crippen LogP contribution in [-0.4, -0.2) is 21.6 Å². The van der Waals surface area contributed by atoms with Crippen molar-refractivity contribution in [1.82, 2.24) is 4.57 Å². The zero-order valence-electron chi connectivity index (χ0n) is 14.2. The summed E-state index contributed by atoms with van der Waals surface area (Å²) >= 11 is 0. The third-order valence-electron chi connectivity index (χ3n) is 4.73. The molecule has 1 atom stereocenters. The molecule has 6 nitrogen and oxygen atoms in total. The number of fused-ring (bicyclic) bond motifs is 1. The van der Waals surface area contributed by atoms with Gasteiger partial charge in [-0.2, -0.15) is 5.26 Å². The molecule has 27 heavy (non-hydrogen) atoms. The number of nitriles is 1. The lowest BCUT2D eigenvalue weighted by atomic mass is 9.88. The third-order valence-corrected chi connectivity index (χ3v) is 4.73. The molecule has 0 fully saturated rings. The van der Waals surface area contributed by atoms with Crippen LogP contribution in [0.15, 0.2) is 60.8 Å². The topological polar surface area (TPSA) is 95.1 Å². The molecular weight excluding hydrogens is 342 g/mol. The van der Waals surface area contributed by atoms with Crippen LogP contribution in [0.4, 0.5) is 5.69 Å². The van der Waals surface area contributed by atoms with Gasteiger partial charge < -0.3 is 15.0 Å². The van der Waals surface area contributed by atoms with E-state index < -0.39 is 5.97 Å². The van der Waals surface area contributed by atoms with Gasteiger partial charge in [0.05, 0.1) is 23.0 Å². The summed E-state index contributed by atoms with van der Waals surface area (Å²) in [5.74, 6) is -1.64. The lowest BCUT2D eigenvalue weighted by Crippen LogP contribution is -2.25. The second-order valence-electron chi connectivity index (χ2n) is 6.35. The monoisotopic (exact) mass is 357 g/mol. The molecule has 0 bridgehead atoms. The van der Waals surface area contributed by atoms with Crippen molar-refractivity contribution in [3.05, 3.63) is 83.2 Å². The Bertz CT molecular complexity index is 1080. The molecule has 3 aromatic rings. The maximum absolute atomic E-state index is 12.3. The summed E-state index contributed by atoms with van der Waals surface area (Å²) in [6, 6.07) is 18.5. The van der Waals surface area contributed by atoms with E-state index in [1.807, 2.05) is 47.0 Å². The fraction of sp³-hybridized carbons (Fsp3) is 0.0952. The summed E-state index contributed by atoms with van der Waals surface area (Å²) in [6.45, 7) is 0. The van der Waals surface area contributed by atoms with Crippen LogP contribution in [0, 0.1) is 11.3 Å². The van der Waals surface area contributed by atoms with Crippen LogP contribution in [0.1, 0.15) is 39.5 Å². The third kappa shape index (κ3) is 2.85. The number of carboxylic acids is 1. The van der Waals surface area contributed by atoms with Crippen molar-refractivity contribution in [3.8, 4) is 11.8 Å². The molecular formula is C21H15N3O3. The van der Waals surface area contributed by atoms with E-state index >= 15 is 0 Å². The van der Waals surface area contributed by atoms with Crippen molar-refractivity contribution in [3.63, 3.8) is 0 Å². The zero-order valence-corrected chi connectivity index (χ0v) is 14.2. The molecule has 0 saturated carbocycles. The first-order chi connectivity index (χ1) is 13.1. The van der Waals surface area contributed by atoms with Crippen LogP contribution in [0.3, 0.4) is 0 Å². The van der Waals surface area contributed by atoms with Gasteiger partial charge in [-0.25, -0.2) is 4.79 Å². The number of aromatic carboxylic acids is 1. The van der Waals surface area contributed by atoms with Gasteiger partial charge >= 0.3 is 5.97 Å². The number of carbonyl (C=O) groups excluding carboxylic acids is 1. The molecule has 6 heteroatoms. The summed E-state index contributed by atoms with van der Waals surface area (Å²) in [5.41, 5.74) is 3.32. The molecule has 4 rings (SSSR count). The summed E-state index contributed by atoms with van der Waals surface area (Å²) < 4.78 is 1.82. The molecule has 2 N–H and O–H groups in total. The van der Waals surface area contributed by atoms with Crippen LogP contribution in [0.2, 0.25) is 0 Å². The highest BCUT2D eigenvalue weighted by molar-refractivity contribution is 6.04. The van der Waals surface area contributed by atoms with Crippen LogP contribution >= 0.6 is 0 Å². The number of nitrogens with one attached hydrogen (secondary N) is 1. The number of amides is 1. The maximum atomic E-state index is 12.3. The summed E-state index contributed by atoms with van der Waals surface area (Å²) in [5, 5.41) is 21.4. The molecule has 0 spiro atoms. The number of carbonyl (C=O) groups is 2. The number of benzene rings is 2. The van der Waals surface area contributed by atoms with Crippen molar-refractivity contribution in [2.75, 3.05) is 5.32 Å². The second-order valence-corrected chi connectivity index (χ2v) is 6.35. The highest BCUT2D eigenvalue weighted by Crippen LogP contribution is 2.41. The average Bonchev–Trinajstić information content (AvgIpc) is 3.08. The lowest BCUT2D eigenvalue weighted by molar-refractivity contribution is -0.116. The number of rotatable bonds is 3. The van der Waals surface area contributed by atoms with Crippen LogP contribution in [0.5, 0.6) is 0 Å². The smallest absolute Gasteiger partial charge is 0.339 e. The first-order valence-corrected chi connectivity index (χ1v) is 8.42. The zero-order chi connectivity index (χ0) is 19.0. The van der Waals surface area contributed by atoms with E-state index in [1.165, 1.54) is 0 Å². The highest BCUT2D eigenvalue weighted by Gasteiger charge is 2.34. The van der Waals surface area contributed by atoms with Crippen LogP contribution in [-0.2, 0) is 4.79 Å². The Labute approximate surface area is 155 Å². The summed E-state index contributed by atoms with van der Waals surface area (Å²) in [6.07, 6.45) is 1.75. The van der Waals surface area contributed by atoms with Gasteiger partial charge in [0.1, 0.15) is 5.56 Å². The van der Waals surface area contributed by atoms with Gasteiger partial charge in [0.25, 0.3) is 0 Å². The van der Waals surface area contributed by atoms with Gasteiger partial charge in [-0.3, -0.25) is 4.79 Å². The van der Waals surface area contributed by atoms with Gasteiger partial charge in [0.15, 0.2) is 0 Å². The molecule has 0 unspecified atom stereocenters. The Morgan fingerprint density at radius 1 is 1.15 bits per heavy atom. The minimum atomic E-state index is -1.10. The highest BCUT2D eigenvalue weighted by atomic mass is 16.4. The van der Waals surface area contributed by atoms with E-state index in [1.54, 1.807) is 18.3 Å². The number of carboxylic acid groups (broad SMARTS) is 1. The summed E-state index contributed by atoms with van der Waals surface area (Å²) in [4.78, 5) is 24.0. The Morgan fingerprint density at radius 2 is 1.85 bits per heavy atom. The minimum Gasteiger partial charge on any atom is -0.478 e. The predicted molar refractivity (Wildman–Crippen MR) is 99.0 cm³/mol. The fourth-order valence-corrected chi connectivity index (χ4v) is 3.50. The quantitative estimate of drug-likeness (QED) is 0.750. The Kier molecular flexibility index (Phi) is 3.98. The van der Waals surface area contributed by atoms with E-state index in [2.05, 4.69) is 11.4 Å². The van der Waals surface area contributed by atoms with E-state index in [0.29, 0.717) is 11.3 Å². The number of nitrogens with zero attached hydrogens (tertiary/aromatic N) is 2. The lowest BCUT2D eigenvalue weighted by Gasteiger charge is -2.26. The van der Waals surface area contributed by atoms with Gasteiger partial charge in [-0.05, 0) is 29.8 Å². The Hall–Kier alpha value is -3.85. The van der Waals surface area contributed by atoms with E-state index in [9.17, 15) is 14.7 Å². The van der Waals surface area contributed by atoms with Crippen molar-refractivity contribution >= 4 is 17.6 Å². The van der Waals surface area contributed by atoms with Gasteiger partial charge in [0, 0.05) is 24.2 Å². The molecule has 1 aliphatic heterocycles. The maximum Gasteiger partial charge on any atom is 0.339 e. The minimum absolute atomic E-state index is 0.0561. The molecule has 0 radical (unpaired) electrons. The largest absolute Gasteiger partial charge is 0.478 e. The summed E-state index contributed by atoms with van der Waals surface area (Å²) in [7, 11) is 0. The van der Waals surface area contributed by atoms with Crippen molar-refractivity contribution in [2.45, 2.75) is 12.3 Å². The SMILES string of the molecule is N#Cc1ccc([C@H]2CC(=O)Nc3c(C(=O)O)cn(-c4ccccc4)c32)cc1. The molecule has 0 saturated heterocycles. The van der Waals surface area contributed by atoms with Crippen molar-refractivity contribution < 1.29 is 14.7 Å². The second kappa shape index (κ2) is 6.46. The number of hydrogen-bond acceptors (Lipinski definition) is 3. The van der Waals surface area contributed by atoms with E-state index in [-0.39, 0.29) is 23.8 Å². The molecule has 1 aromatic heterocycles. The fourth-order valence-electron chi connectivity index (χ4n) is 3.50. The first-order valence-electron chi connectivity index (χ1n) is 8.42. The molecule has 2 aromatic carbocycles. The molecule has 1 amide bonds. The number of aromatic nitrogens is 1. The Morgan fingerprint density at radius 3 is 2.48 bits per heavy atom.